The zero-order valence-corrected chi connectivity index (χ0v) is 12.6. The maximum atomic E-state index is 11.3. The van der Waals surface area contributed by atoms with Gasteiger partial charge in [0.2, 0.25) is 0 Å². The fraction of sp³-hybridized carbons (Fsp3) is 0.786. The lowest BCUT2D eigenvalue weighted by Crippen LogP contribution is -2.27. The van der Waals surface area contributed by atoms with E-state index in [1.807, 2.05) is 12.2 Å². The van der Waals surface area contributed by atoms with Crippen molar-refractivity contribution in [2.24, 2.45) is 0 Å². The van der Waals surface area contributed by atoms with E-state index in [2.05, 4.69) is 20.8 Å². The van der Waals surface area contributed by atoms with E-state index in [-0.39, 0.29) is 23.1 Å². The third-order valence-corrected chi connectivity index (χ3v) is 3.12. The number of carbonyl (C=O) groups is 1. The van der Waals surface area contributed by atoms with Crippen molar-refractivity contribution in [3.63, 3.8) is 0 Å². The van der Waals surface area contributed by atoms with Crippen molar-refractivity contribution >= 4 is 17.1 Å². The van der Waals surface area contributed by atoms with Gasteiger partial charge in [0.1, 0.15) is 6.10 Å². The van der Waals surface area contributed by atoms with E-state index in [4.69, 9.17) is 9.47 Å². The van der Waals surface area contributed by atoms with Gasteiger partial charge in [-0.3, -0.25) is 0 Å². The highest BCUT2D eigenvalue weighted by molar-refractivity contribution is 8.12. The largest absolute Gasteiger partial charge is 0.450 e. The lowest BCUT2D eigenvalue weighted by atomic mass is 10.0. The molecular weight excluding hydrogens is 248 g/mol. The molecule has 1 rings (SSSR count). The topological polar surface area (TPSA) is 35.5 Å². The summed E-state index contributed by atoms with van der Waals surface area (Å²) in [5.41, 5.74) is -0.139. The van der Waals surface area contributed by atoms with Gasteiger partial charge in [0, 0.05) is 0 Å². The second-order valence-corrected chi connectivity index (χ2v) is 6.29. The smallest absolute Gasteiger partial charge is 0.367 e. The number of ether oxygens (including phenoxy) is 2. The molecule has 0 radical (unpaired) electrons. The molecule has 1 aliphatic rings. The first kappa shape index (κ1) is 15.6. The first-order chi connectivity index (χ1) is 8.40. The zero-order chi connectivity index (χ0) is 13.6. The molecule has 0 aliphatic heterocycles. The predicted octanol–water partition coefficient (Wildman–Crippen LogP) is 4.17. The Morgan fingerprint density at radius 3 is 2.28 bits per heavy atom. The maximum absolute atomic E-state index is 11.3. The first-order valence-corrected chi connectivity index (χ1v) is 7.74. The van der Waals surface area contributed by atoms with Crippen molar-refractivity contribution in [1.29, 1.82) is 0 Å². The van der Waals surface area contributed by atoms with Crippen molar-refractivity contribution in [3.8, 4) is 0 Å². The Bertz CT molecular complexity index is 294. The van der Waals surface area contributed by atoms with Gasteiger partial charge in [-0.25, -0.2) is 4.79 Å². The number of carbonyl (C=O) groups excluding carboxylic acids is 1. The molecule has 2 atom stereocenters. The lowest BCUT2D eigenvalue weighted by molar-refractivity contribution is -0.0430. The summed E-state index contributed by atoms with van der Waals surface area (Å²) in [5.74, 6) is 0. The van der Waals surface area contributed by atoms with Gasteiger partial charge in [-0.2, -0.15) is 0 Å². The van der Waals surface area contributed by atoms with Crippen molar-refractivity contribution in [2.45, 2.75) is 64.3 Å². The fourth-order valence-electron chi connectivity index (χ4n) is 1.95. The minimum absolute atomic E-state index is 0.101. The molecule has 0 spiro atoms. The van der Waals surface area contributed by atoms with Gasteiger partial charge < -0.3 is 9.47 Å². The van der Waals surface area contributed by atoms with Gasteiger partial charge in [0.15, 0.2) is 0 Å². The van der Waals surface area contributed by atoms with Gasteiger partial charge in [-0.05, 0) is 64.1 Å². The molecule has 0 N–H and O–H groups in total. The van der Waals surface area contributed by atoms with Crippen molar-refractivity contribution in [1.82, 2.24) is 0 Å². The van der Waals surface area contributed by atoms with Gasteiger partial charge >= 0.3 is 5.30 Å². The van der Waals surface area contributed by atoms with Crippen LogP contribution >= 0.6 is 11.8 Å². The monoisotopic (exact) mass is 272 g/mol. The standard InChI is InChI=1S/C14H24O3S/c1-14(2,3)17-12-8-6-5-7-11(9-10-12)16-13(15)18-4/h9-12H,5-8H2,1-4H3/b10-9+. The van der Waals surface area contributed by atoms with Crippen LogP contribution in [0.3, 0.4) is 0 Å². The number of hydrogen-bond acceptors (Lipinski definition) is 4. The molecule has 0 fully saturated rings. The van der Waals surface area contributed by atoms with Gasteiger partial charge in [0.05, 0.1) is 11.7 Å². The van der Waals surface area contributed by atoms with Crippen molar-refractivity contribution in [3.05, 3.63) is 12.2 Å². The number of rotatable bonds is 2. The predicted molar refractivity (Wildman–Crippen MR) is 76.0 cm³/mol. The van der Waals surface area contributed by atoms with E-state index >= 15 is 0 Å². The molecule has 104 valence electrons. The van der Waals surface area contributed by atoms with Crippen LogP contribution in [-0.2, 0) is 9.47 Å². The van der Waals surface area contributed by atoms with Crippen molar-refractivity contribution in [2.75, 3.05) is 6.26 Å². The molecule has 0 saturated heterocycles. The molecule has 0 aromatic carbocycles. The highest BCUT2D eigenvalue weighted by Gasteiger charge is 2.19. The minimum atomic E-state index is -0.210. The van der Waals surface area contributed by atoms with E-state index in [0.29, 0.717) is 0 Å². The Labute approximate surface area is 114 Å². The maximum Gasteiger partial charge on any atom is 0.367 e. The molecule has 0 bridgehead atoms. The van der Waals surface area contributed by atoms with Gasteiger partial charge in [0.25, 0.3) is 0 Å². The quantitative estimate of drug-likeness (QED) is 0.558. The van der Waals surface area contributed by atoms with Crippen LogP contribution in [-0.4, -0.2) is 29.4 Å². The Morgan fingerprint density at radius 1 is 1.17 bits per heavy atom. The molecule has 4 heteroatoms. The van der Waals surface area contributed by atoms with Crippen LogP contribution in [0.4, 0.5) is 4.79 Å². The van der Waals surface area contributed by atoms with Crippen molar-refractivity contribution < 1.29 is 14.3 Å². The van der Waals surface area contributed by atoms with Crippen LogP contribution < -0.4 is 0 Å². The molecule has 0 aromatic heterocycles. The summed E-state index contributed by atoms with van der Waals surface area (Å²) < 4.78 is 11.3. The summed E-state index contributed by atoms with van der Waals surface area (Å²) in [7, 11) is 0. The third kappa shape index (κ3) is 6.45. The molecular formula is C14H24O3S. The fourth-order valence-corrected chi connectivity index (χ4v) is 2.17. The summed E-state index contributed by atoms with van der Waals surface area (Å²) in [5, 5.41) is -0.210. The van der Waals surface area contributed by atoms with E-state index in [1.54, 1.807) is 6.26 Å². The normalized spacial score (nSPS) is 27.1. The average Bonchev–Trinajstić information content (AvgIpc) is 2.25. The van der Waals surface area contributed by atoms with E-state index in [9.17, 15) is 4.79 Å². The average molecular weight is 272 g/mol. The molecule has 0 amide bonds. The molecule has 18 heavy (non-hydrogen) atoms. The molecule has 0 heterocycles. The Morgan fingerprint density at radius 2 is 1.72 bits per heavy atom. The van der Waals surface area contributed by atoms with Crippen LogP contribution in [0.15, 0.2) is 12.2 Å². The van der Waals surface area contributed by atoms with Crippen LogP contribution in [0.5, 0.6) is 0 Å². The SMILES string of the molecule is CSC(=O)OC1/C=C/C(OC(C)(C)C)CCCC1. The Kier molecular flexibility index (Phi) is 6.22. The van der Waals surface area contributed by atoms with Gasteiger partial charge in [-0.1, -0.05) is 12.5 Å². The van der Waals surface area contributed by atoms with E-state index in [1.165, 1.54) is 0 Å². The molecule has 3 nitrogen and oxygen atoms in total. The molecule has 2 unspecified atom stereocenters. The third-order valence-electron chi connectivity index (χ3n) is 2.69. The summed E-state index contributed by atoms with van der Waals surface area (Å²) in [6, 6.07) is 0. The van der Waals surface area contributed by atoms with E-state index in [0.717, 1.165) is 37.4 Å². The van der Waals surface area contributed by atoms with E-state index < -0.39 is 0 Å². The summed E-state index contributed by atoms with van der Waals surface area (Å²) in [6.45, 7) is 6.18. The molecule has 0 aromatic rings. The molecule has 0 saturated carbocycles. The number of hydrogen-bond donors (Lipinski definition) is 0. The highest BCUT2D eigenvalue weighted by atomic mass is 32.2. The second kappa shape index (κ2) is 7.19. The zero-order valence-electron chi connectivity index (χ0n) is 11.8. The number of thioether (sulfide) groups is 1. The Hall–Kier alpha value is -0.480. The van der Waals surface area contributed by atoms with Gasteiger partial charge in [-0.15, -0.1) is 0 Å². The van der Waals surface area contributed by atoms with Crippen LogP contribution in [0.25, 0.3) is 0 Å². The van der Waals surface area contributed by atoms with Crippen LogP contribution in [0.1, 0.15) is 46.5 Å². The summed E-state index contributed by atoms with van der Waals surface area (Å²) >= 11 is 1.11. The minimum Gasteiger partial charge on any atom is -0.450 e. The Balaban J connectivity index is 2.56. The highest BCUT2D eigenvalue weighted by Crippen LogP contribution is 2.21. The first-order valence-electron chi connectivity index (χ1n) is 6.51. The summed E-state index contributed by atoms with van der Waals surface area (Å²) in [4.78, 5) is 11.3. The second-order valence-electron chi connectivity index (χ2n) is 5.55. The van der Waals surface area contributed by atoms with Crippen LogP contribution in [0, 0.1) is 0 Å². The lowest BCUT2D eigenvalue weighted by Gasteiger charge is -2.27. The summed E-state index contributed by atoms with van der Waals surface area (Å²) in [6.07, 6.45) is 9.91. The van der Waals surface area contributed by atoms with Crippen LogP contribution in [0.2, 0.25) is 0 Å². The molecule has 1 aliphatic carbocycles.